The molecule has 17 heavy (non-hydrogen) atoms. The van der Waals surface area contributed by atoms with E-state index in [1.165, 1.54) is 0 Å². The maximum Gasteiger partial charge on any atom is 0.237 e. The predicted octanol–water partition coefficient (Wildman–Crippen LogP) is 0.183. The van der Waals surface area contributed by atoms with Crippen molar-refractivity contribution < 1.29 is 13.2 Å². The molecular weight excluding hydrogens is 264 g/mol. The lowest BCUT2D eigenvalue weighted by Crippen LogP contribution is -2.47. The Hall–Kier alpha value is -0.330. The Labute approximate surface area is 109 Å². The van der Waals surface area contributed by atoms with Crippen LogP contribution in [0.3, 0.4) is 0 Å². The highest BCUT2D eigenvalue weighted by Gasteiger charge is 2.24. The molecule has 0 aromatic rings. The van der Waals surface area contributed by atoms with E-state index in [0.717, 1.165) is 12.8 Å². The summed E-state index contributed by atoms with van der Waals surface area (Å²) in [5.41, 5.74) is 5.74. The first-order valence-corrected chi connectivity index (χ1v) is 7.50. The number of nitrogens with zero attached hydrogens (tertiary/aromatic N) is 1. The fourth-order valence-corrected chi connectivity index (χ4v) is 3.22. The minimum atomic E-state index is -3.23. The molecule has 1 amide bonds. The minimum Gasteiger partial charge on any atom is -0.340 e. The first-order valence-electron chi connectivity index (χ1n) is 5.68. The largest absolute Gasteiger partial charge is 0.340 e. The number of carbonyl (C=O) groups is 1. The summed E-state index contributed by atoms with van der Waals surface area (Å²) in [7, 11) is -3.23. The van der Waals surface area contributed by atoms with E-state index in [0.29, 0.717) is 19.5 Å². The van der Waals surface area contributed by atoms with Gasteiger partial charge in [0.05, 0.1) is 5.75 Å². The number of amides is 1. The van der Waals surface area contributed by atoms with Crippen molar-refractivity contribution in [3.63, 3.8) is 0 Å². The van der Waals surface area contributed by atoms with Gasteiger partial charge in [-0.2, -0.15) is 0 Å². The second-order valence-electron chi connectivity index (χ2n) is 4.33. The van der Waals surface area contributed by atoms with Crippen LogP contribution in [-0.2, 0) is 14.6 Å². The predicted molar refractivity (Wildman–Crippen MR) is 70.0 cm³/mol. The standard InChI is InChI=1S/C10H20N2O3S.ClH/c1-2-6-16(14,15)8-10(13)12-5-3-4-9(11)7-12;/h9H,2-8,11H2,1H3;1H. The highest BCUT2D eigenvalue weighted by atomic mass is 35.5. The first kappa shape index (κ1) is 16.7. The van der Waals surface area contributed by atoms with Crippen LogP contribution >= 0.6 is 12.4 Å². The van der Waals surface area contributed by atoms with E-state index < -0.39 is 9.84 Å². The van der Waals surface area contributed by atoms with Gasteiger partial charge in [-0.25, -0.2) is 8.42 Å². The van der Waals surface area contributed by atoms with Gasteiger partial charge >= 0.3 is 0 Å². The topological polar surface area (TPSA) is 80.5 Å². The van der Waals surface area contributed by atoms with Gasteiger partial charge in [-0.1, -0.05) is 6.92 Å². The molecule has 1 rings (SSSR count). The average molecular weight is 285 g/mol. The normalized spacial score (nSPS) is 20.8. The lowest BCUT2D eigenvalue weighted by Gasteiger charge is -2.30. The highest BCUT2D eigenvalue weighted by Crippen LogP contribution is 2.09. The Morgan fingerprint density at radius 1 is 1.47 bits per heavy atom. The third-order valence-electron chi connectivity index (χ3n) is 2.67. The number of halogens is 1. The Bertz CT molecular complexity index is 345. The van der Waals surface area contributed by atoms with Crippen molar-refractivity contribution in [3.05, 3.63) is 0 Å². The van der Waals surface area contributed by atoms with Gasteiger partial charge in [-0.15, -0.1) is 12.4 Å². The van der Waals surface area contributed by atoms with Gasteiger partial charge in [0.1, 0.15) is 5.75 Å². The maximum atomic E-state index is 11.7. The Morgan fingerprint density at radius 3 is 2.65 bits per heavy atom. The Balaban J connectivity index is 0.00000256. The quantitative estimate of drug-likeness (QED) is 0.799. The zero-order valence-corrected chi connectivity index (χ0v) is 11.7. The summed E-state index contributed by atoms with van der Waals surface area (Å²) in [6.07, 6.45) is 2.32. The Kier molecular flexibility index (Phi) is 7.04. The van der Waals surface area contributed by atoms with Crippen molar-refractivity contribution in [3.8, 4) is 0 Å². The molecule has 0 saturated carbocycles. The van der Waals surface area contributed by atoms with Gasteiger partial charge < -0.3 is 10.6 Å². The highest BCUT2D eigenvalue weighted by molar-refractivity contribution is 7.92. The van der Waals surface area contributed by atoms with Gasteiger partial charge in [-0.3, -0.25) is 4.79 Å². The van der Waals surface area contributed by atoms with Crippen molar-refractivity contribution >= 4 is 28.2 Å². The molecular formula is C10H21ClN2O3S. The average Bonchev–Trinajstić information content (AvgIpc) is 2.16. The van der Waals surface area contributed by atoms with Crippen LogP contribution in [0, 0.1) is 0 Å². The van der Waals surface area contributed by atoms with Gasteiger partial charge in [0, 0.05) is 19.1 Å². The summed E-state index contributed by atoms with van der Waals surface area (Å²) in [5.74, 6) is -0.588. The number of hydrogen-bond acceptors (Lipinski definition) is 4. The molecule has 7 heteroatoms. The number of rotatable bonds is 4. The molecule has 0 aromatic heterocycles. The lowest BCUT2D eigenvalue weighted by atomic mass is 10.1. The molecule has 1 atom stereocenters. The number of nitrogens with two attached hydrogens (primary N) is 1. The van der Waals surface area contributed by atoms with E-state index in [2.05, 4.69) is 0 Å². The summed E-state index contributed by atoms with van der Waals surface area (Å²) >= 11 is 0. The van der Waals surface area contributed by atoms with Gasteiger partial charge in [0.2, 0.25) is 5.91 Å². The van der Waals surface area contributed by atoms with E-state index in [1.807, 2.05) is 0 Å². The third kappa shape index (κ3) is 5.70. The van der Waals surface area contributed by atoms with Crippen molar-refractivity contribution in [1.82, 2.24) is 4.90 Å². The van der Waals surface area contributed by atoms with Gasteiger partial charge in [0.25, 0.3) is 0 Å². The fraction of sp³-hybridized carbons (Fsp3) is 0.900. The molecule has 1 fully saturated rings. The van der Waals surface area contributed by atoms with E-state index >= 15 is 0 Å². The third-order valence-corrected chi connectivity index (χ3v) is 4.39. The zero-order valence-electron chi connectivity index (χ0n) is 10.1. The van der Waals surface area contributed by atoms with Crippen LogP contribution in [0.4, 0.5) is 0 Å². The van der Waals surface area contributed by atoms with Crippen LogP contribution in [0.1, 0.15) is 26.2 Å². The van der Waals surface area contributed by atoms with E-state index in [4.69, 9.17) is 5.73 Å². The summed E-state index contributed by atoms with van der Waals surface area (Å²) < 4.78 is 23.0. The van der Waals surface area contributed by atoms with E-state index in [9.17, 15) is 13.2 Å². The van der Waals surface area contributed by atoms with Crippen molar-refractivity contribution in [2.75, 3.05) is 24.6 Å². The van der Waals surface area contributed by atoms with Gasteiger partial charge in [-0.05, 0) is 19.3 Å². The number of likely N-dealkylation sites (tertiary alicyclic amines) is 1. The molecule has 102 valence electrons. The van der Waals surface area contributed by atoms with Crippen LogP contribution in [0.15, 0.2) is 0 Å². The number of hydrogen-bond donors (Lipinski definition) is 1. The summed E-state index contributed by atoms with van der Waals surface area (Å²) in [6.45, 7) is 2.91. The smallest absolute Gasteiger partial charge is 0.237 e. The fourth-order valence-electron chi connectivity index (χ4n) is 1.90. The molecule has 0 aromatic carbocycles. The molecule has 5 nitrogen and oxygen atoms in total. The number of sulfone groups is 1. The molecule has 0 radical (unpaired) electrons. The van der Waals surface area contributed by atoms with Crippen LogP contribution in [-0.4, -0.2) is 49.9 Å². The Morgan fingerprint density at radius 2 is 2.12 bits per heavy atom. The van der Waals surface area contributed by atoms with Crippen molar-refractivity contribution in [2.24, 2.45) is 5.73 Å². The molecule has 0 bridgehead atoms. The second-order valence-corrected chi connectivity index (χ2v) is 6.52. The summed E-state index contributed by atoms with van der Waals surface area (Å²) in [5, 5.41) is 0. The van der Waals surface area contributed by atoms with Crippen LogP contribution in [0.25, 0.3) is 0 Å². The number of piperidine rings is 1. The van der Waals surface area contributed by atoms with Crippen LogP contribution in [0.5, 0.6) is 0 Å². The molecule has 1 unspecified atom stereocenters. The molecule has 0 aliphatic carbocycles. The van der Waals surface area contributed by atoms with Crippen molar-refractivity contribution in [2.45, 2.75) is 32.2 Å². The molecule has 0 spiro atoms. The summed E-state index contributed by atoms with van der Waals surface area (Å²) in [4.78, 5) is 13.3. The number of carbonyl (C=O) groups excluding carboxylic acids is 1. The molecule has 1 aliphatic rings. The molecule has 1 saturated heterocycles. The zero-order chi connectivity index (χ0) is 12.2. The summed E-state index contributed by atoms with van der Waals surface area (Å²) in [6, 6.07) is -0.00780. The second kappa shape index (κ2) is 7.18. The minimum absolute atomic E-state index is 0. The van der Waals surface area contributed by atoms with Crippen LogP contribution < -0.4 is 5.73 Å². The molecule has 1 heterocycles. The first-order chi connectivity index (χ1) is 7.44. The van der Waals surface area contributed by atoms with Crippen LogP contribution in [0.2, 0.25) is 0 Å². The SMILES string of the molecule is CCCS(=O)(=O)CC(=O)N1CCCC(N)C1.Cl. The van der Waals surface area contributed by atoms with Crippen molar-refractivity contribution in [1.29, 1.82) is 0 Å². The maximum absolute atomic E-state index is 11.7. The van der Waals surface area contributed by atoms with E-state index in [-0.39, 0.29) is 35.9 Å². The molecule has 1 aliphatic heterocycles. The van der Waals surface area contributed by atoms with E-state index in [1.54, 1.807) is 11.8 Å². The monoisotopic (exact) mass is 284 g/mol. The van der Waals surface area contributed by atoms with Gasteiger partial charge in [0.15, 0.2) is 9.84 Å². The lowest BCUT2D eigenvalue weighted by molar-refractivity contribution is -0.129. The molecule has 2 N–H and O–H groups in total.